The van der Waals surface area contributed by atoms with Gasteiger partial charge in [0.1, 0.15) is 42.2 Å². The van der Waals surface area contributed by atoms with Crippen LogP contribution in [0, 0.1) is 68.0 Å². The van der Waals surface area contributed by atoms with Crippen molar-refractivity contribution in [2.75, 3.05) is 19.8 Å². The second-order valence-corrected chi connectivity index (χ2v) is 35.9. The SMILES string of the molecule is CC[C@]1(C)[C@@H]2CC[C@@]3(C)C(CC=C4C5CC(C)(C)CCC5(C(=O)O[C@@H]5O[C@@H](COCc6ccccc6)C(NC(=O)CCCCCNC(=O)OC(C)(C)C)C(C)C5O[C@@H]5O[C@H](C)C(O[C@@H]6OCC(OCc7ccccc7)C(OCc7ccccc7)C6C)C6OC(C)(C)OC65)CC[C@]43C)C2(C)CC[C@@H]1C. The number of benzene rings is 3. The van der Waals surface area contributed by atoms with Gasteiger partial charge in [-0.2, -0.15) is 0 Å². The molecule has 9 aliphatic rings. The van der Waals surface area contributed by atoms with Crippen molar-refractivity contribution >= 4 is 18.0 Å². The Morgan fingerprint density at radius 1 is 0.641 bits per heavy atom. The predicted molar refractivity (Wildman–Crippen MR) is 394 cm³/mol. The van der Waals surface area contributed by atoms with E-state index in [1.807, 2.05) is 115 Å². The summed E-state index contributed by atoms with van der Waals surface area (Å²) in [7, 11) is 0. The predicted octanol–water partition coefficient (Wildman–Crippen LogP) is 16.7. The molecule has 8 fully saturated rings. The number of hydrogen-bond donors (Lipinski definition) is 2. The van der Waals surface area contributed by atoms with Gasteiger partial charge in [-0.05, 0) is 186 Å². The van der Waals surface area contributed by atoms with Gasteiger partial charge in [0, 0.05) is 24.8 Å². The highest BCUT2D eigenvalue weighted by Gasteiger charge is 2.70. The van der Waals surface area contributed by atoms with Crippen LogP contribution in [0.2, 0.25) is 0 Å². The Morgan fingerprint density at radius 3 is 1.95 bits per heavy atom. The Hall–Kier alpha value is -4.79. The minimum absolute atomic E-state index is 0.00884. The minimum Gasteiger partial charge on any atom is -0.444 e. The zero-order valence-corrected chi connectivity index (χ0v) is 65.1. The van der Waals surface area contributed by atoms with Gasteiger partial charge in [0.15, 0.2) is 18.4 Å². The van der Waals surface area contributed by atoms with E-state index in [1.54, 1.807) is 0 Å². The fraction of sp³-hybridized carbons (Fsp3) is 0.733. The molecule has 2 N–H and O–H groups in total. The Balaban J connectivity index is 0.835. The zero-order chi connectivity index (χ0) is 73.5. The van der Waals surface area contributed by atoms with Crippen LogP contribution in [0.5, 0.6) is 0 Å². The molecular formula is C86H126N2O15. The topological polar surface area (TPSA) is 186 Å². The molecule has 17 heteroatoms. The summed E-state index contributed by atoms with van der Waals surface area (Å²) in [5.41, 5.74) is 3.60. The van der Waals surface area contributed by atoms with Crippen LogP contribution in [0.15, 0.2) is 103 Å². The fourth-order valence-corrected chi connectivity index (χ4v) is 21.0. The van der Waals surface area contributed by atoms with Gasteiger partial charge in [-0.1, -0.05) is 185 Å². The molecule has 3 aromatic carbocycles. The normalized spacial score (nSPS) is 39.6. The van der Waals surface area contributed by atoms with Crippen molar-refractivity contribution in [1.82, 2.24) is 10.6 Å². The molecule has 4 heterocycles. The molecule has 0 bridgehead atoms. The van der Waals surface area contributed by atoms with Gasteiger partial charge in [-0.25, -0.2) is 4.79 Å². The van der Waals surface area contributed by atoms with Crippen molar-refractivity contribution in [2.24, 2.45) is 68.0 Å². The third-order valence-electron chi connectivity index (χ3n) is 27.3. The lowest BCUT2D eigenvalue weighted by Crippen LogP contribution is -2.66. The molecule has 0 spiro atoms. The van der Waals surface area contributed by atoms with Gasteiger partial charge in [-0.15, -0.1) is 0 Å². The second-order valence-electron chi connectivity index (χ2n) is 35.9. The molecule has 4 aliphatic heterocycles. The van der Waals surface area contributed by atoms with Gasteiger partial charge in [0.05, 0.1) is 56.7 Å². The first-order valence-electron chi connectivity index (χ1n) is 39.6. The maximum Gasteiger partial charge on any atom is 0.407 e. The quantitative estimate of drug-likeness (QED) is 0.0490. The van der Waals surface area contributed by atoms with E-state index in [1.165, 1.54) is 37.7 Å². The van der Waals surface area contributed by atoms with Crippen LogP contribution in [-0.4, -0.2) is 123 Å². The molecule has 2 amide bonds. The Labute approximate surface area is 616 Å². The number of unbranched alkanes of at least 4 members (excludes halogenated alkanes) is 2. The molecule has 0 aromatic heterocycles. The van der Waals surface area contributed by atoms with Gasteiger partial charge in [0.25, 0.3) is 0 Å². The van der Waals surface area contributed by atoms with E-state index in [0.29, 0.717) is 81.6 Å². The standard InChI is InChI=1S/C86H126N2O15/c1-17-82(13)54(2)39-41-83(14)65(82)40-42-85(16)66(83)38-37-61-62-48-80(9,10)43-45-86(62,46-44-84(61,85)15)77(90)100-75-70(55(3)68(63(97-75)52-92-49-58-30-22-18-23-31-58)88-67(89)36-28-21-29-47-87-78(91)103-79(6,7)8)98-76-73-72(101-81(11,12)102-73)71(57(5)96-76)99-74-56(4)69(94-51-60-34-26-20-27-35-60)64(53-95-74)93-50-59-32-24-19-25-33-59/h18-20,22-27,30-35,37,54-57,62-66,68-76H,17,21,28-29,36,38-53H2,1-16H3,(H,87,91)(H,88,89)/t54-,55?,56?,57+,62?,63-,64?,65-,66?,68?,69?,70?,71?,72?,73?,74-,75-,76-,82-,83?,84+,85-,86?/m0/s1. The maximum absolute atomic E-state index is 16.5. The van der Waals surface area contributed by atoms with Crippen LogP contribution in [0.3, 0.4) is 0 Å². The maximum atomic E-state index is 16.5. The van der Waals surface area contributed by atoms with Crippen LogP contribution < -0.4 is 10.6 Å². The zero-order valence-electron chi connectivity index (χ0n) is 65.1. The van der Waals surface area contributed by atoms with Crippen molar-refractivity contribution < 1.29 is 71.2 Å². The van der Waals surface area contributed by atoms with Gasteiger partial charge in [-0.3, -0.25) is 9.59 Å². The summed E-state index contributed by atoms with van der Waals surface area (Å²) in [6.07, 6.45) is 7.07. The molecule has 17 nitrogen and oxygen atoms in total. The van der Waals surface area contributed by atoms with E-state index < -0.39 is 96.5 Å². The highest BCUT2D eigenvalue weighted by Crippen LogP contribution is 2.76. The first kappa shape index (κ1) is 77.8. The van der Waals surface area contributed by atoms with Crippen LogP contribution in [0.25, 0.3) is 0 Å². The monoisotopic (exact) mass is 1430 g/mol. The Morgan fingerprint density at radius 2 is 1.28 bits per heavy atom. The number of allylic oxidation sites excluding steroid dienone is 2. The molecule has 23 atom stereocenters. The molecule has 103 heavy (non-hydrogen) atoms. The molecule has 3 aromatic rings. The second kappa shape index (κ2) is 31.4. The summed E-state index contributed by atoms with van der Waals surface area (Å²) in [6, 6.07) is 29.6. The van der Waals surface area contributed by atoms with Gasteiger partial charge < -0.3 is 67.5 Å². The number of hydrogen-bond acceptors (Lipinski definition) is 15. The van der Waals surface area contributed by atoms with Crippen LogP contribution in [-0.2, 0) is 86.3 Å². The number of carbonyl (C=O) groups is 3. The summed E-state index contributed by atoms with van der Waals surface area (Å²) in [5.74, 6) is -0.496. The van der Waals surface area contributed by atoms with Crippen LogP contribution >= 0.6 is 0 Å². The molecule has 4 saturated heterocycles. The van der Waals surface area contributed by atoms with Crippen LogP contribution in [0.1, 0.15) is 224 Å². The summed E-state index contributed by atoms with van der Waals surface area (Å²) in [6.45, 7) is 37.4. The van der Waals surface area contributed by atoms with E-state index >= 15 is 4.79 Å². The first-order chi connectivity index (χ1) is 48.9. The van der Waals surface area contributed by atoms with E-state index in [9.17, 15) is 9.59 Å². The van der Waals surface area contributed by atoms with Crippen LogP contribution in [0.4, 0.5) is 4.79 Å². The van der Waals surface area contributed by atoms with E-state index in [-0.39, 0.29) is 71.1 Å². The molecule has 570 valence electrons. The lowest BCUT2D eigenvalue weighted by atomic mass is 9.33. The summed E-state index contributed by atoms with van der Waals surface area (Å²) >= 11 is 0. The van der Waals surface area contributed by atoms with Crippen molar-refractivity contribution in [2.45, 2.75) is 312 Å². The van der Waals surface area contributed by atoms with E-state index in [0.717, 1.165) is 42.4 Å². The van der Waals surface area contributed by atoms with Crippen molar-refractivity contribution in [3.8, 4) is 0 Å². The number of ether oxygens (including phenoxy) is 12. The molecule has 4 saturated carbocycles. The fourth-order valence-electron chi connectivity index (χ4n) is 21.0. The highest BCUT2D eigenvalue weighted by molar-refractivity contribution is 5.79. The van der Waals surface area contributed by atoms with Crippen molar-refractivity contribution in [3.05, 3.63) is 119 Å². The molecular weight excluding hydrogens is 1300 g/mol. The summed E-state index contributed by atoms with van der Waals surface area (Å²) < 4.78 is 82.2. The van der Waals surface area contributed by atoms with Crippen molar-refractivity contribution in [1.29, 1.82) is 0 Å². The Kier molecular flexibility index (Phi) is 23.7. The lowest BCUT2D eigenvalue weighted by molar-refractivity contribution is -0.354. The number of fused-ring (bicyclic) bond motifs is 8. The highest BCUT2D eigenvalue weighted by atomic mass is 16.8. The number of alkyl carbamates (subject to hydrolysis) is 1. The van der Waals surface area contributed by atoms with Gasteiger partial charge >= 0.3 is 12.1 Å². The third kappa shape index (κ3) is 16.3. The average molecular weight is 1430 g/mol. The molecule has 5 aliphatic carbocycles. The first-order valence-corrected chi connectivity index (χ1v) is 39.6. The smallest absolute Gasteiger partial charge is 0.407 e. The number of carbonyl (C=O) groups excluding carboxylic acids is 3. The molecule has 0 radical (unpaired) electrons. The van der Waals surface area contributed by atoms with E-state index in [4.69, 9.17) is 56.8 Å². The number of nitrogens with one attached hydrogen (secondary N) is 2. The summed E-state index contributed by atoms with van der Waals surface area (Å²) in [4.78, 5) is 43.6. The van der Waals surface area contributed by atoms with Crippen molar-refractivity contribution in [3.63, 3.8) is 0 Å². The Bertz CT molecular complexity index is 3360. The molecule has 12 rings (SSSR count). The minimum atomic E-state index is -1.27. The molecule has 13 unspecified atom stereocenters. The average Bonchev–Trinajstić information content (AvgIpc) is 1.08. The number of esters is 1. The summed E-state index contributed by atoms with van der Waals surface area (Å²) in [5, 5.41) is 6.25. The van der Waals surface area contributed by atoms with Gasteiger partial charge in [0.2, 0.25) is 12.2 Å². The third-order valence-corrected chi connectivity index (χ3v) is 27.3. The lowest BCUT2D eigenvalue weighted by Gasteiger charge is -2.71. The number of rotatable bonds is 24. The largest absolute Gasteiger partial charge is 0.444 e. The number of amides is 2. The van der Waals surface area contributed by atoms with E-state index in [2.05, 4.69) is 103 Å².